The lowest BCUT2D eigenvalue weighted by Gasteiger charge is -2.19. The third-order valence-corrected chi connectivity index (χ3v) is 2.11. The molecule has 0 aliphatic rings. The predicted octanol–water partition coefficient (Wildman–Crippen LogP) is 1.69. The maximum atomic E-state index is 11.6. The SMILES string of the molecule is CC(C)OC(=O)C(C(=O)OC(C)C)C(S)S. The van der Waals surface area contributed by atoms with Crippen LogP contribution >= 0.6 is 25.3 Å². The standard InChI is InChI=1S/C10H18O4S2/c1-5(2)13-8(11)7(10(15)16)9(12)14-6(3)4/h5-7,10,15-16H,1-4H3. The number of rotatable bonds is 5. The Hall–Kier alpha value is -0.360. The van der Waals surface area contributed by atoms with Crippen LogP contribution in [0.2, 0.25) is 0 Å². The topological polar surface area (TPSA) is 52.6 Å². The molecule has 0 radical (unpaired) electrons. The van der Waals surface area contributed by atoms with Gasteiger partial charge >= 0.3 is 11.9 Å². The highest BCUT2D eigenvalue weighted by molar-refractivity contribution is 7.99. The van der Waals surface area contributed by atoms with E-state index in [9.17, 15) is 9.59 Å². The van der Waals surface area contributed by atoms with Gasteiger partial charge in [0.2, 0.25) is 0 Å². The van der Waals surface area contributed by atoms with E-state index in [2.05, 4.69) is 25.3 Å². The molecular formula is C10H18O4S2. The highest BCUT2D eigenvalue weighted by atomic mass is 32.2. The van der Waals surface area contributed by atoms with E-state index >= 15 is 0 Å². The van der Waals surface area contributed by atoms with Crippen molar-refractivity contribution in [1.82, 2.24) is 0 Å². The summed E-state index contributed by atoms with van der Waals surface area (Å²) in [5.41, 5.74) is 0. The molecule has 0 heterocycles. The maximum absolute atomic E-state index is 11.6. The van der Waals surface area contributed by atoms with Crippen molar-refractivity contribution in [3.8, 4) is 0 Å². The number of ether oxygens (including phenoxy) is 2. The Morgan fingerprint density at radius 1 is 0.875 bits per heavy atom. The van der Waals surface area contributed by atoms with Crippen LogP contribution in [0.1, 0.15) is 27.7 Å². The summed E-state index contributed by atoms with van der Waals surface area (Å²) in [6.45, 7) is 6.81. The van der Waals surface area contributed by atoms with E-state index in [0.717, 1.165) is 0 Å². The van der Waals surface area contributed by atoms with Crippen molar-refractivity contribution in [1.29, 1.82) is 0 Å². The molecule has 0 unspecified atom stereocenters. The lowest BCUT2D eigenvalue weighted by Crippen LogP contribution is -2.35. The highest BCUT2D eigenvalue weighted by Gasteiger charge is 2.35. The Balaban J connectivity index is 4.60. The summed E-state index contributed by atoms with van der Waals surface area (Å²) in [6, 6.07) is 0. The quantitative estimate of drug-likeness (QED) is 0.344. The lowest BCUT2D eigenvalue weighted by atomic mass is 10.2. The molecule has 0 spiro atoms. The van der Waals surface area contributed by atoms with Crippen LogP contribution in [0.3, 0.4) is 0 Å². The first kappa shape index (κ1) is 15.6. The monoisotopic (exact) mass is 266 g/mol. The first-order chi connectivity index (χ1) is 7.25. The molecule has 16 heavy (non-hydrogen) atoms. The lowest BCUT2D eigenvalue weighted by molar-refractivity contribution is -0.165. The Morgan fingerprint density at radius 2 is 1.19 bits per heavy atom. The fraction of sp³-hybridized carbons (Fsp3) is 0.800. The van der Waals surface area contributed by atoms with E-state index < -0.39 is 22.4 Å². The molecule has 0 bridgehead atoms. The molecule has 0 saturated heterocycles. The number of hydrogen-bond acceptors (Lipinski definition) is 6. The molecule has 4 nitrogen and oxygen atoms in total. The van der Waals surface area contributed by atoms with Crippen molar-refractivity contribution in [2.75, 3.05) is 0 Å². The van der Waals surface area contributed by atoms with Gasteiger partial charge in [-0.25, -0.2) is 0 Å². The number of hydrogen-bond donors (Lipinski definition) is 2. The van der Waals surface area contributed by atoms with E-state index in [0.29, 0.717) is 0 Å². The van der Waals surface area contributed by atoms with Gasteiger partial charge in [-0.3, -0.25) is 9.59 Å². The average molecular weight is 266 g/mol. The van der Waals surface area contributed by atoms with Crippen LogP contribution < -0.4 is 0 Å². The summed E-state index contributed by atoms with van der Waals surface area (Å²) in [5.74, 6) is -2.41. The minimum absolute atomic E-state index is 0.290. The summed E-state index contributed by atoms with van der Waals surface area (Å²) in [6.07, 6.45) is -0.579. The molecule has 0 aromatic rings. The molecule has 0 atom stereocenters. The Morgan fingerprint density at radius 3 is 1.38 bits per heavy atom. The van der Waals surface area contributed by atoms with E-state index in [1.165, 1.54) is 0 Å². The van der Waals surface area contributed by atoms with E-state index in [-0.39, 0.29) is 12.2 Å². The third-order valence-electron chi connectivity index (χ3n) is 1.51. The minimum atomic E-state index is -1.10. The summed E-state index contributed by atoms with van der Waals surface area (Å²) in [4.78, 5) is 23.2. The van der Waals surface area contributed by atoms with Crippen LogP contribution in [0.15, 0.2) is 0 Å². The summed E-state index contributed by atoms with van der Waals surface area (Å²) in [5, 5.41) is 0. The van der Waals surface area contributed by atoms with Gasteiger partial charge in [0.05, 0.1) is 16.8 Å². The Labute approximate surface area is 107 Å². The van der Waals surface area contributed by atoms with Gasteiger partial charge in [-0.1, -0.05) is 0 Å². The molecule has 0 aliphatic heterocycles. The van der Waals surface area contributed by atoms with Gasteiger partial charge < -0.3 is 9.47 Å². The Bertz CT molecular complexity index is 229. The smallest absolute Gasteiger partial charge is 0.322 e. The zero-order valence-electron chi connectivity index (χ0n) is 9.84. The number of carbonyl (C=O) groups is 2. The van der Waals surface area contributed by atoms with Gasteiger partial charge in [0, 0.05) is 0 Å². The predicted molar refractivity (Wildman–Crippen MR) is 67.7 cm³/mol. The largest absolute Gasteiger partial charge is 0.462 e. The first-order valence-corrected chi connectivity index (χ1v) is 6.06. The van der Waals surface area contributed by atoms with Gasteiger partial charge in [-0.2, -0.15) is 25.3 Å². The molecule has 0 aliphatic carbocycles. The van der Waals surface area contributed by atoms with Gasteiger partial charge in [0.25, 0.3) is 0 Å². The second-order valence-corrected chi connectivity index (χ2v) is 5.38. The summed E-state index contributed by atoms with van der Waals surface area (Å²) in [7, 11) is 0. The first-order valence-electron chi connectivity index (χ1n) is 5.02. The molecule has 94 valence electrons. The molecule has 0 aromatic carbocycles. The molecule has 0 saturated carbocycles. The second kappa shape index (κ2) is 7.06. The zero-order chi connectivity index (χ0) is 12.9. The summed E-state index contributed by atoms with van der Waals surface area (Å²) < 4.78 is 9.14. The van der Waals surface area contributed by atoms with Gasteiger partial charge in [-0.05, 0) is 27.7 Å². The van der Waals surface area contributed by atoms with Gasteiger partial charge in [-0.15, -0.1) is 0 Å². The highest BCUT2D eigenvalue weighted by Crippen LogP contribution is 2.19. The van der Waals surface area contributed by atoms with Gasteiger partial charge in [0.1, 0.15) is 0 Å². The minimum Gasteiger partial charge on any atom is -0.462 e. The zero-order valence-corrected chi connectivity index (χ0v) is 11.6. The van der Waals surface area contributed by atoms with Crippen LogP contribution in [0.4, 0.5) is 0 Å². The van der Waals surface area contributed by atoms with Crippen molar-refractivity contribution >= 4 is 37.2 Å². The van der Waals surface area contributed by atoms with E-state index in [1.807, 2.05) is 0 Å². The molecule has 0 fully saturated rings. The van der Waals surface area contributed by atoms with Crippen molar-refractivity contribution in [3.05, 3.63) is 0 Å². The number of esters is 2. The number of thiol groups is 2. The van der Waals surface area contributed by atoms with Crippen molar-refractivity contribution < 1.29 is 19.1 Å². The van der Waals surface area contributed by atoms with E-state index in [1.54, 1.807) is 27.7 Å². The van der Waals surface area contributed by atoms with Gasteiger partial charge in [0.15, 0.2) is 5.92 Å². The normalized spacial score (nSPS) is 11.4. The Kier molecular flexibility index (Phi) is 6.90. The maximum Gasteiger partial charge on any atom is 0.322 e. The molecule has 6 heteroatoms. The molecule has 0 aromatic heterocycles. The van der Waals surface area contributed by atoms with Crippen LogP contribution in [-0.4, -0.2) is 28.7 Å². The average Bonchev–Trinajstić information content (AvgIpc) is 1.98. The fourth-order valence-electron chi connectivity index (χ4n) is 0.951. The second-order valence-electron chi connectivity index (χ2n) is 3.86. The molecule has 0 N–H and O–H groups in total. The number of carbonyl (C=O) groups excluding carboxylic acids is 2. The van der Waals surface area contributed by atoms with Crippen LogP contribution in [0.25, 0.3) is 0 Å². The van der Waals surface area contributed by atoms with Crippen LogP contribution in [0.5, 0.6) is 0 Å². The molecule has 0 amide bonds. The molecular weight excluding hydrogens is 248 g/mol. The molecule has 0 rings (SSSR count). The summed E-state index contributed by atoms with van der Waals surface area (Å²) >= 11 is 7.96. The van der Waals surface area contributed by atoms with Crippen molar-refractivity contribution in [3.63, 3.8) is 0 Å². The van der Waals surface area contributed by atoms with Crippen molar-refractivity contribution in [2.45, 2.75) is 44.5 Å². The van der Waals surface area contributed by atoms with Crippen molar-refractivity contribution in [2.24, 2.45) is 5.92 Å². The van der Waals surface area contributed by atoms with E-state index in [4.69, 9.17) is 9.47 Å². The third kappa shape index (κ3) is 5.65. The van der Waals surface area contributed by atoms with Crippen LogP contribution in [0, 0.1) is 5.92 Å². The fourth-order valence-corrected chi connectivity index (χ4v) is 1.44. The van der Waals surface area contributed by atoms with Crippen LogP contribution in [-0.2, 0) is 19.1 Å².